The van der Waals surface area contributed by atoms with Crippen LogP contribution in [0, 0.1) is 0 Å². The number of fused-ring (bicyclic) bond motifs is 1. The van der Waals surface area contributed by atoms with E-state index < -0.39 is 0 Å². The molecule has 2 aromatic carbocycles. The fourth-order valence-corrected chi connectivity index (χ4v) is 2.05. The number of H-pyrrole nitrogens is 2. The SMILES string of the molecule is Nc1cccc(CNc2ccc3[nH]c(=O)[nH]c3c2)c1. The molecule has 0 unspecified atom stereocenters. The Hall–Kier alpha value is -2.69. The van der Waals surface area contributed by atoms with Crippen LogP contribution in [0.5, 0.6) is 0 Å². The Morgan fingerprint density at radius 2 is 1.89 bits per heavy atom. The molecule has 3 rings (SSSR count). The van der Waals surface area contributed by atoms with E-state index in [0.29, 0.717) is 6.54 Å². The molecule has 5 N–H and O–H groups in total. The number of nitrogens with two attached hydrogens (primary N) is 1. The first-order valence-corrected chi connectivity index (χ1v) is 6.01. The fraction of sp³-hybridized carbons (Fsp3) is 0.0714. The first-order chi connectivity index (χ1) is 9.20. The van der Waals surface area contributed by atoms with Gasteiger partial charge in [-0.25, -0.2) is 4.79 Å². The average molecular weight is 254 g/mol. The van der Waals surface area contributed by atoms with E-state index in [1.165, 1.54) is 0 Å². The monoisotopic (exact) mass is 254 g/mol. The average Bonchev–Trinajstić information content (AvgIpc) is 2.75. The molecule has 1 aromatic heterocycles. The van der Waals surface area contributed by atoms with Crippen LogP contribution >= 0.6 is 0 Å². The molecule has 1 heterocycles. The Bertz CT molecular complexity index is 772. The number of rotatable bonds is 3. The van der Waals surface area contributed by atoms with Gasteiger partial charge in [0.2, 0.25) is 0 Å². The van der Waals surface area contributed by atoms with E-state index in [-0.39, 0.29) is 5.69 Å². The standard InChI is InChI=1S/C14H14N4O/c15-10-3-1-2-9(6-10)8-16-11-4-5-12-13(7-11)18-14(19)17-12/h1-7,16H,8,15H2,(H2,17,18,19). The largest absolute Gasteiger partial charge is 0.399 e. The van der Waals surface area contributed by atoms with Crippen molar-refractivity contribution in [3.63, 3.8) is 0 Å². The molecule has 0 aliphatic carbocycles. The molecule has 5 nitrogen and oxygen atoms in total. The van der Waals surface area contributed by atoms with Gasteiger partial charge in [-0.3, -0.25) is 0 Å². The molecule has 0 bridgehead atoms. The number of nitrogens with one attached hydrogen (secondary N) is 3. The van der Waals surface area contributed by atoms with Crippen molar-refractivity contribution in [3.8, 4) is 0 Å². The van der Waals surface area contributed by atoms with Crippen molar-refractivity contribution < 1.29 is 0 Å². The summed E-state index contributed by atoms with van der Waals surface area (Å²) in [5, 5.41) is 3.30. The quantitative estimate of drug-likeness (QED) is 0.539. The van der Waals surface area contributed by atoms with Gasteiger partial charge in [-0.1, -0.05) is 12.1 Å². The molecule has 0 atom stereocenters. The summed E-state index contributed by atoms with van der Waals surface area (Å²) < 4.78 is 0. The topological polar surface area (TPSA) is 86.7 Å². The third-order valence-corrected chi connectivity index (χ3v) is 2.96. The lowest BCUT2D eigenvalue weighted by Gasteiger charge is -2.07. The molecule has 0 saturated carbocycles. The summed E-state index contributed by atoms with van der Waals surface area (Å²) in [4.78, 5) is 16.6. The van der Waals surface area contributed by atoms with Crippen molar-refractivity contribution in [2.45, 2.75) is 6.54 Å². The molecule has 0 aliphatic rings. The highest BCUT2D eigenvalue weighted by Crippen LogP contribution is 2.16. The van der Waals surface area contributed by atoms with Crippen molar-refractivity contribution >= 4 is 22.4 Å². The third-order valence-electron chi connectivity index (χ3n) is 2.96. The second kappa shape index (κ2) is 4.53. The number of hydrogen-bond donors (Lipinski definition) is 4. The van der Waals surface area contributed by atoms with Crippen LogP contribution in [0.4, 0.5) is 11.4 Å². The van der Waals surface area contributed by atoms with Gasteiger partial charge in [0.1, 0.15) is 0 Å². The molecule has 0 fully saturated rings. The van der Waals surface area contributed by atoms with Crippen molar-refractivity contribution in [1.29, 1.82) is 0 Å². The molecule has 96 valence electrons. The number of aromatic amines is 2. The smallest absolute Gasteiger partial charge is 0.323 e. The van der Waals surface area contributed by atoms with Gasteiger partial charge in [-0.2, -0.15) is 0 Å². The lowest BCUT2D eigenvalue weighted by atomic mass is 10.2. The van der Waals surface area contributed by atoms with E-state index in [0.717, 1.165) is 28.0 Å². The molecule has 5 heteroatoms. The summed E-state index contributed by atoms with van der Waals surface area (Å²) in [7, 11) is 0. The maximum Gasteiger partial charge on any atom is 0.323 e. The van der Waals surface area contributed by atoms with E-state index in [4.69, 9.17) is 5.73 Å². The lowest BCUT2D eigenvalue weighted by molar-refractivity contribution is 1.15. The van der Waals surface area contributed by atoms with Crippen LogP contribution in [0.1, 0.15) is 5.56 Å². The zero-order chi connectivity index (χ0) is 13.2. The summed E-state index contributed by atoms with van der Waals surface area (Å²) in [5.41, 5.74) is 9.96. The first kappa shape index (κ1) is 11.4. The second-order valence-corrected chi connectivity index (χ2v) is 4.44. The summed E-state index contributed by atoms with van der Waals surface area (Å²) in [6, 6.07) is 13.4. The number of imidazole rings is 1. The minimum Gasteiger partial charge on any atom is -0.399 e. The maximum absolute atomic E-state index is 11.2. The van der Waals surface area contributed by atoms with Gasteiger partial charge in [-0.05, 0) is 35.9 Å². The van der Waals surface area contributed by atoms with E-state index >= 15 is 0 Å². The van der Waals surface area contributed by atoms with Crippen LogP contribution in [0.2, 0.25) is 0 Å². The molecule has 0 radical (unpaired) electrons. The van der Waals surface area contributed by atoms with Gasteiger partial charge in [-0.15, -0.1) is 0 Å². The Labute approximate surface area is 109 Å². The summed E-state index contributed by atoms with van der Waals surface area (Å²) >= 11 is 0. The Morgan fingerprint density at radius 3 is 2.74 bits per heavy atom. The van der Waals surface area contributed by atoms with Gasteiger partial charge in [0.15, 0.2) is 0 Å². The van der Waals surface area contributed by atoms with Crippen LogP contribution in [-0.4, -0.2) is 9.97 Å². The summed E-state index contributed by atoms with van der Waals surface area (Å²) in [6.45, 7) is 0.686. The molecule has 19 heavy (non-hydrogen) atoms. The first-order valence-electron chi connectivity index (χ1n) is 6.01. The van der Waals surface area contributed by atoms with Crippen LogP contribution in [0.25, 0.3) is 11.0 Å². The minimum atomic E-state index is -0.192. The van der Waals surface area contributed by atoms with Crippen LogP contribution in [0.3, 0.4) is 0 Å². The zero-order valence-corrected chi connectivity index (χ0v) is 10.2. The highest BCUT2D eigenvalue weighted by atomic mass is 16.1. The molecule has 0 amide bonds. The Morgan fingerprint density at radius 1 is 1.05 bits per heavy atom. The van der Waals surface area contributed by atoms with Crippen LogP contribution in [-0.2, 0) is 6.54 Å². The predicted octanol–water partition coefficient (Wildman–Crippen LogP) is 2.05. The van der Waals surface area contributed by atoms with Gasteiger partial charge < -0.3 is 21.0 Å². The maximum atomic E-state index is 11.2. The summed E-state index contributed by atoms with van der Waals surface area (Å²) in [5.74, 6) is 0. The van der Waals surface area contributed by atoms with E-state index in [1.54, 1.807) is 0 Å². The summed E-state index contributed by atoms with van der Waals surface area (Å²) in [6.07, 6.45) is 0. The molecular formula is C14H14N4O. The van der Waals surface area contributed by atoms with Gasteiger partial charge >= 0.3 is 5.69 Å². The van der Waals surface area contributed by atoms with Crippen LogP contribution < -0.4 is 16.7 Å². The van der Waals surface area contributed by atoms with Crippen LogP contribution in [0.15, 0.2) is 47.3 Å². The highest BCUT2D eigenvalue weighted by Gasteiger charge is 2.00. The second-order valence-electron chi connectivity index (χ2n) is 4.44. The van der Waals surface area contributed by atoms with E-state index in [2.05, 4.69) is 15.3 Å². The number of nitrogen functional groups attached to an aromatic ring is 1. The highest BCUT2D eigenvalue weighted by molar-refractivity contribution is 5.78. The van der Waals surface area contributed by atoms with Gasteiger partial charge in [0, 0.05) is 17.9 Å². The van der Waals surface area contributed by atoms with E-state index in [9.17, 15) is 4.79 Å². The third kappa shape index (κ3) is 2.44. The number of aromatic nitrogens is 2. The van der Waals surface area contributed by atoms with Crippen molar-refractivity contribution in [3.05, 3.63) is 58.5 Å². The minimum absolute atomic E-state index is 0.192. The molecule has 0 aliphatic heterocycles. The van der Waals surface area contributed by atoms with Crippen molar-refractivity contribution in [2.75, 3.05) is 11.1 Å². The molecular weight excluding hydrogens is 240 g/mol. The fourth-order valence-electron chi connectivity index (χ4n) is 2.05. The number of benzene rings is 2. The molecule has 0 saturated heterocycles. The van der Waals surface area contributed by atoms with E-state index in [1.807, 2.05) is 42.5 Å². The Kier molecular flexibility index (Phi) is 2.72. The van der Waals surface area contributed by atoms with Gasteiger partial charge in [0.25, 0.3) is 0 Å². The lowest BCUT2D eigenvalue weighted by Crippen LogP contribution is -2.00. The predicted molar refractivity (Wildman–Crippen MR) is 77.1 cm³/mol. The Balaban J connectivity index is 1.79. The van der Waals surface area contributed by atoms with Crippen molar-refractivity contribution in [2.24, 2.45) is 0 Å². The molecule has 3 aromatic rings. The van der Waals surface area contributed by atoms with Gasteiger partial charge in [0.05, 0.1) is 11.0 Å². The number of anilines is 2. The molecule has 0 spiro atoms. The zero-order valence-electron chi connectivity index (χ0n) is 10.2. The van der Waals surface area contributed by atoms with Crippen molar-refractivity contribution in [1.82, 2.24) is 9.97 Å². The normalized spacial score (nSPS) is 10.7. The number of hydrogen-bond acceptors (Lipinski definition) is 3.